The molecule has 0 saturated carbocycles. The van der Waals surface area contributed by atoms with Gasteiger partial charge in [-0.15, -0.1) is 11.6 Å². The number of amides is 1. The van der Waals surface area contributed by atoms with Crippen LogP contribution < -0.4 is 5.32 Å². The first-order valence-electron chi connectivity index (χ1n) is 6.46. The quantitative estimate of drug-likeness (QED) is 0.586. The average molecular weight is 398 g/mol. The molecule has 4 heteroatoms. The minimum absolute atomic E-state index is 0.0882. The van der Waals surface area contributed by atoms with Crippen LogP contribution in [0.5, 0.6) is 0 Å². The monoisotopic (exact) mass is 397 g/mol. The maximum Gasteiger partial charge on any atom is 0.224 e. The highest BCUT2D eigenvalue weighted by Gasteiger charge is 2.18. The lowest BCUT2D eigenvalue weighted by molar-refractivity contribution is -0.116. The summed E-state index contributed by atoms with van der Waals surface area (Å²) in [7, 11) is 0. The van der Waals surface area contributed by atoms with E-state index in [0.29, 0.717) is 6.42 Å². The van der Waals surface area contributed by atoms with Crippen LogP contribution in [-0.2, 0) is 11.2 Å². The van der Waals surface area contributed by atoms with Gasteiger partial charge in [0.2, 0.25) is 5.91 Å². The Kier molecular flexibility index (Phi) is 3.98. The van der Waals surface area contributed by atoms with E-state index in [1.54, 1.807) is 0 Å². The first-order valence-corrected chi connectivity index (χ1v) is 7.98. The van der Waals surface area contributed by atoms with Gasteiger partial charge in [-0.2, -0.15) is 0 Å². The van der Waals surface area contributed by atoms with Crippen LogP contribution >= 0.6 is 34.2 Å². The van der Waals surface area contributed by atoms with Crippen LogP contribution in [0.15, 0.2) is 42.5 Å². The smallest absolute Gasteiger partial charge is 0.224 e. The van der Waals surface area contributed by atoms with E-state index in [1.165, 1.54) is 5.56 Å². The molecule has 2 nitrogen and oxygen atoms in total. The van der Waals surface area contributed by atoms with Crippen molar-refractivity contribution in [1.82, 2.24) is 0 Å². The molecule has 0 saturated heterocycles. The highest BCUT2D eigenvalue weighted by Crippen LogP contribution is 2.34. The largest absolute Gasteiger partial charge is 0.326 e. The summed E-state index contributed by atoms with van der Waals surface area (Å²) in [6, 6.07) is 14.2. The fourth-order valence-corrected chi connectivity index (χ4v) is 3.63. The maximum atomic E-state index is 11.4. The van der Waals surface area contributed by atoms with Crippen molar-refractivity contribution in [1.29, 1.82) is 0 Å². The van der Waals surface area contributed by atoms with Gasteiger partial charge in [0.25, 0.3) is 0 Å². The normalized spacial score (nSPS) is 15.4. The molecule has 1 aliphatic rings. The van der Waals surface area contributed by atoms with Gasteiger partial charge in [0.05, 0.1) is 5.38 Å². The number of carbonyl (C=O) groups is 1. The summed E-state index contributed by atoms with van der Waals surface area (Å²) < 4.78 is 1.16. The van der Waals surface area contributed by atoms with Gasteiger partial charge in [-0.1, -0.05) is 30.3 Å². The molecular weight excluding hydrogens is 385 g/mol. The molecule has 2 aromatic rings. The van der Waals surface area contributed by atoms with Gasteiger partial charge in [-0.05, 0) is 57.8 Å². The molecule has 102 valence electrons. The fourth-order valence-electron chi connectivity index (χ4n) is 2.42. The Morgan fingerprint density at radius 2 is 1.95 bits per heavy atom. The van der Waals surface area contributed by atoms with Crippen LogP contribution in [0.1, 0.15) is 28.5 Å². The van der Waals surface area contributed by atoms with Crippen molar-refractivity contribution in [2.45, 2.75) is 18.2 Å². The van der Waals surface area contributed by atoms with Gasteiger partial charge in [-0.25, -0.2) is 0 Å². The van der Waals surface area contributed by atoms with Crippen molar-refractivity contribution in [2.75, 3.05) is 5.32 Å². The van der Waals surface area contributed by atoms with Crippen LogP contribution in [0.25, 0.3) is 0 Å². The summed E-state index contributed by atoms with van der Waals surface area (Å²) in [6.45, 7) is 0. The van der Waals surface area contributed by atoms with Gasteiger partial charge < -0.3 is 5.32 Å². The molecule has 1 N–H and O–H groups in total. The molecule has 2 aromatic carbocycles. The molecule has 0 bridgehead atoms. The van der Waals surface area contributed by atoms with E-state index >= 15 is 0 Å². The molecule has 0 aromatic heterocycles. The number of hydrogen-bond acceptors (Lipinski definition) is 1. The van der Waals surface area contributed by atoms with Crippen molar-refractivity contribution >= 4 is 45.8 Å². The number of benzene rings is 2. The van der Waals surface area contributed by atoms with Crippen molar-refractivity contribution < 1.29 is 4.79 Å². The highest BCUT2D eigenvalue weighted by molar-refractivity contribution is 14.1. The van der Waals surface area contributed by atoms with E-state index in [-0.39, 0.29) is 11.3 Å². The van der Waals surface area contributed by atoms with Gasteiger partial charge in [0.15, 0.2) is 0 Å². The molecular formula is C16H13ClINO. The molecule has 1 unspecified atom stereocenters. The Labute approximate surface area is 136 Å². The Morgan fingerprint density at radius 1 is 1.15 bits per heavy atom. The lowest BCUT2D eigenvalue weighted by atomic mass is 9.97. The van der Waals surface area contributed by atoms with Crippen LogP contribution in [0, 0.1) is 3.57 Å². The van der Waals surface area contributed by atoms with Crippen LogP contribution in [0.2, 0.25) is 0 Å². The Balaban J connectivity index is 1.95. The van der Waals surface area contributed by atoms with E-state index in [1.807, 2.05) is 24.3 Å². The third kappa shape index (κ3) is 2.69. The standard InChI is InChI=1S/C16H13ClINO/c17-16(12-3-1-2-4-13(12)18)11-5-7-14-10(9-11)6-8-15(20)19-14/h1-5,7,9,16H,6,8H2,(H,19,20). The van der Waals surface area contributed by atoms with Crippen molar-refractivity contribution in [3.8, 4) is 0 Å². The molecule has 1 aliphatic heterocycles. The molecule has 1 atom stereocenters. The van der Waals surface area contributed by atoms with E-state index < -0.39 is 0 Å². The number of hydrogen-bond donors (Lipinski definition) is 1. The van der Waals surface area contributed by atoms with E-state index in [4.69, 9.17) is 11.6 Å². The van der Waals surface area contributed by atoms with Crippen molar-refractivity contribution in [3.63, 3.8) is 0 Å². The lowest BCUT2D eigenvalue weighted by Gasteiger charge is -2.19. The van der Waals surface area contributed by atoms with Crippen LogP contribution in [0.3, 0.4) is 0 Å². The average Bonchev–Trinajstić information content (AvgIpc) is 2.46. The minimum atomic E-state index is -0.161. The summed E-state index contributed by atoms with van der Waals surface area (Å²) in [5.74, 6) is 0.0882. The summed E-state index contributed by atoms with van der Waals surface area (Å²) in [5, 5.41) is 2.73. The fraction of sp³-hybridized carbons (Fsp3) is 0.188. The zero-order valence-electron chi connectivity index (χ0n) is 10.7. The number of carbonyl (C=O) groups excluding carboxylic acids is 1. The van der Waals surface area contributed by atoms with Crippen molar-refractivity contribution in [2.24, 2.45) is 0 Å². The molecule has 0 radical (unpaired) electrons. The summed E-state index contributed by atoms with van der Waals surface area (Å²) in [4.78, 5) is 11.4. The lowest BCUT2D eigenvalue weighted by Crippen LogP contribution is -2.19. The number of alkyl halides is 1. The Bertz CT molecular complexity index is 671. The molecule has 3 rings (SSSR count). The van der Waals surface area contributed by atoms with Crippen LogP contribution in [0.4, 0.5) is 5.69 Å². The Hall–Kier alpha value is -1.07. The predicted molar refractivity (Wildman–Crippen MR) is 90.2 cm³/mol. The van der Waals surface area contributed by atoms with Gasteiger partial charge >= 0.3 is 0 Å². The molecule has 0 fully saturated rings. The molecule has 0 spiro atoms. The molecule has 1 heterocycles. The molecule has 1 amide bonds. The first kappa shape index (κ1) is 13.9. The van der Waals surface area contributed by atoms with Crippen molar-refractivity contribution in [3.05, 3.63) is 62.7 Å². The SMILES string of the molecule is O=C1CCc2cc(C(Cl)c3ccccc3I)ccc2N1. The first-order chi connectivity index (χ1) is 9.65. The number of aryl methyl sites for hydroxylation is 1. The number of nitrogens with one attached hydrogen (secondary N) is 1. The topological polar surface area (TPSA) is 29.1 Å². The summed E-state index contributed by atoms with van der Waals surface area (Å²) in [5.41, 5.74) is 4.27. The zero-order chi connectivity index (χ0) is 14.1. The maximum absolute atomic E-state index is 11.4. The van der Waals surface area contributed by atoms with E-state index in [2.05, 4.69) is 46.1 Å². The number of rotatable bonds is 2. The summed E-state index contributed by atoms with van der Waals surface area (Å²) >= 11 is 8.92. The second-order valence-electron chi connectivity index (χ2n) is 4.85. The Morgan fingerprint density at radius 3 is 2.75 bits per heavy atom. The molecule has 20 heavy (non-hydrogen) atoms. The highest BCUT2D eigenvalue weighted by atomic mass is 127. The van der Waals surface area contributed by atoms with Gasteiger partial charge in [-0.3, -0.25) is 4.79 Å². The van der Waals surface area contributed by atoms with Gasteiger partial charge in [0, 0.05) is 15.7 Å². The molecule has 0 aliphatic carbocycles. The second-order valence-corrected chi connectivity index (χ2v) is 6.45. The van der Waals surface area contributed by atoms with Crippen LogP contribution in [-0.4, -0.2) is 5.91 Å². The van der Waals surface area contributed by atoms with Gasteiger partial charge in [0.1, 0.15) is 0 Å². The predicted octanol–water partition coefficient (Wildman–Crippen LogP) is 4.50. The van der Waals surface area contributed by atoms with E-state index in [9.17, 15) is 4.79 Å². The third-order valence-corrected chi connectivity index (χ3v) is 4.97. The third-order valence-electron chi connectivity index (χ3n) is 3.50. The number of halogens is 2. The van der Waals surface area contributed by atoms with E-state index in [0.717, 1.165) is 26.8 Å². The second kappa shape index (κ2) is 5.74. The zero-order valence-corrected chi connectivity index (χ0v) is 13.6. The summed E-state index contributed by atoms with van der Waals surface area (Å²) in [6.07, 6.45) is 1.33. The number of fused-ring (bicyclic) bond motifs is 1. The number of anilines is 1. The minimum Gasteiger partial charge on any atom is -0.326 e.